The van der Waals surface area contributed by atoms with E-state index in [1.165, 1.54) is 24.0 Å². The second-order valence-electron chi connectivity index (χ2n) is 8.38. The SMILES string of the molecule is CCCCN1CCC(COC(=O)n2c(=O)n(CC3CC3)c3ccccc32)CC1. The number of likely N-dealkylation sites (tertiary alicyclic amines) is 1. The molecule has 1 aromatic heterocycles. The van der Waals surface area contributed by atoms with Crippen LogP contribution >= 0.6 is 0 Å². The average molecular weight is 386 g/mol. The van der Waals surface area contributed by atoms with Crippen molar-refractivity contribution in [2.75, 3.05) is 26.2 Å². The third-order valence-corrected chi connectivity index (χ3v) is 6.13. The number of aromatic nitrogens is 2. The fraction of sp³-hybridized carbons (Fsp3) is 0.636. The van der Waals surface area contributed by atoms with Crippen molar-refractivity contribution in [3.8, 4) is 0 Å². The fourth-order valence-corrected chi connectivity index (χ4v) is 4.13. The van der Waals surface area contributed by atoms with Crippen LogP contribution in [-0.4, -0.2) is 46.4 Å². The molecule has 4 rings (SSSR count). The van der Waals surface area contributed by atoms with Crippen molar-refractivity contribution in [1.82, 2.24) is 14.0 Å². The van der Waals surface area contributed by atoms with Crippen molar-refractivity contribution in [1.29, 1.82) is 0 Å². The molecule has 2 aromatic rings. The van der Waals surface area contributed by atoms with Crippen molar-refractivity contribution < 1.29 is 9.53 Å². The first-order chi connectivity index (χ1) is 13.7. The molecule has 0 radical (unpaired) electrons. The zero-order chi connectivity index (χ0) is 19.5. The normalized spacial score (nSPS) is 18.6. The predicted octanol–water partition coefficient (Wildman–Crippen LogP) is 3.71. The molecule has 0 unspecified atom stereocenters. The number of piperidine rings is 1. The van der Waals surface area contributed by atoms with Gasteiger partial charge in [-0.2, -0.15) is 4.57 Å². The molecule has 2 aliphatic rings. The number of hydrogen-bond acceptors (Lipinski definition) is 4. The van der Waals surface area contributed by atoms with Gasteiger partial charge in [0.05, 0.1) is 17.6 Å². The maximum Gasteiger partial charge on any atom is 0.422 e. The van der Waals surface area contributed by atoms with Crippen LogP contribution in [0.1, 0.15) is 45.4 Å². The lowest BCUT2D eigenvalue weighted by Crippen LogP contribution is -2.37. The van der Waals surface area contributed by atoms with Gasteiger partial charge in [0.15, 0.2) is 0 Å². The van der Waals surface area contributed by atoms with E-state index in [0.717, 1.165) is 44.3 Å². The van der Waals surface area contributed by atoms with Crippen LogP contribution in [0.25, 0.3) is 11.0 Å². The number of hydrogen-bond donors (Lipinski definition) is 0. The first-order valence-electron chi connectivity index (χ1n) is 10.8. The molecule has 1 saturated heterocycles. The first kappa shape index (κ1) is 19.2. The van der Waals surface area contributed by atoms with Gasteiger partial charge in [-0.25, -0.2) is 9.59 Å². The van der Waals surface area contributed by atoms with E-state index in [1.807, 2.05) is 24.3 Å². The lowest BCUT2D eigenvalue weighted by molar-refractivity contribution is 0.0968. The summed E-state index contributed by atoms with van der Waals surface area (Å²) < 4.78 is 8.55. The van der Waals surface area contributed by atoms with Crippen LogP contribution in [0, 0.1) is 11.8 Å². The Kier molecular flexibility index (Phi) is 5.85. The summed E-state index contributed by atoms with van der Waals surface area (Å²) in [6.45, 7) is 6.62. The van der Waals surface area contributed by atoms with Gasteiger partial charge in [-0.1, -0.05) is 25.5 Å². The van der Waals surface area contributed by atoms with E-state index in [-0.39, 0.29) is 5.69 Å². The molecule has 0 amide bonds. The summed E-state index contributed by atoms with van der Waals surface area (Å²) in [4.78, 5) is 28.2. The highest BCUT2D eigenvalue weighted by molar-refractivity contribution is 5.86. The molecule has 2 fully saturated rings. The van der Waals surface area contributed by atoms with Crippen molar-refractivity contribution in [3.63, 3.8) is 0 Å². The molecule has 152 valence electrons. The van der Waals surface area contributed by atoms with Gasteiger partial charge >= 0.3 is 11.8 Å². The average Bonchev–Trinajstić information content (AvgIpc) is 3.50. The van der Waals surface area contributed by atoms with Crippen LogP contribution in [0.15, 0.2) is 29.1 Å². The number of para-hydroxylation sites is 2. The Balaban J connectivity index is 1.41. The molecule has 1 aliphatic heterocycles. The highest BCUT2D eigenvalue weighted by Gasteiger charge is 2.27. The standard InChI is InChI=1S/C22H31N3O3/c1-2-3-12-23-13-10-18(11-14-23)16-28-22(27)25-20-7-5-4-6-19(20)24(21(25)26)15-17-8-9-17/h4-7,17-18H,2-3,8-16H2,1H3. The summed E-state index contributed by atoms with van der Waals surface area (Å²) >= 11 is 0. The quantitative estimate of drug-likeness (QED) is 0.729. The third-order valence-electron chi connectivity index (χ3n) is 6.13. The smallest absolute Gasteiger partial charge is 0.422 e. The number of ether oxygens (including phenoxy) is 1. The molecule has 0 spiro atoms. The van der Waals surface area contributed by atoms with E-state index >= 15 is 0 Å². The van der Waals surface area contributed by atoms with Crippen molar-refractivity contribution in [2.24, 2.45) is 11.8 Å². The number of unbranched alkanes of at least 4 members (excludes halogenated alkanes) is 1. The van der Waals surface area contributed by atoms with E-state index < -0.39 is 6.09 Å². The molecular formula is C22H31N3O3. The summed E-state index contributed by atoms with van der Waals surface area (Å²) in [6.07, 6.45) is 6.35. The van der Waals surface area contributed by atoms with E-state index in [1.54, 1.807) is 4.57 Å². The van der Waals surface area contributed by atoms with Gasteiger partial charge in [-0.3, -0.25) is 4.57 Å². The Labute approximate surface area is 166 Å². The summed E-state index contributed by atoms with van der Waals surface area (Å²) in [5.74, 6) is 0.947. The Hall–Kier alpha value is -2.08. The van der Waals surface area contributed by atoms with Crippen molar-refractivity contribution >= 4 is 17.1 Å². The largest absolute Gasteiger partial charge is 0.449 e. The molecule has 1 aromatic carbocycles. The number of rotatable bonds is 7. The molecular weight excluding hydrogens is 354 g/mol. The van der Waals surface area contributed by atoms with Gasteiger partial charge in [0.2, 0.25) is 0 Å². The Morgan fingerprint density at radius 1 is 1.07 bits per heavy atom. The molecule has 2 heterocycles. The zero-order valence-corrected chi connectivity index (χ0v) is 16.8. The Morgan fingerprint density at radius 2 is 1.79 bits per heavy atom. The van der Waals surface area contributed by atoms with E-state index in [0.29, 0.717) is 30.5 Å². The minimum Gasteiger partial charge on any atom is -0.449 e. The van der Waals surface area contributed by atoms with E-state index in [2.05, 4.69) is 11.8 Å². The number of carbonyl (C=O) groups excluding carboxylic acids is 1. The van der Waals surface area contributed by atoms with Crippen LogP contribution < -0.4 is 5.69 Å². The lowest BCUT2D eigenvalue weighted by Gasteiger charge is -2.31. The summed E-state index contributed by atoms with van der Waals surface area (Å²) in [6, 6.07) is 7.51. The van der Waals surface area contributed by atoms with Crippen LogP contribution in [0.2, 0.25) is 0 Å². The molecule has 0 atom stereocenters. The van der Waals surface area contributed by atoms with Gasteiger partial charge in [0, 0.05) is 6.54 Å². The van der Waals surface area contributed by atoms with Crippen LogP contribution in [0.3, 0.4) is 0 Å². The second-order valence-corrected chi connectivity index (χ2v) is 8.38. The van der Waals surface area contributed by atoms with E-state index in [9.17, 15) is 9.59 Å². The number of fused-ring (bicyclic) bond motifs is 1. The Morgan fingerprint density at radius 3 is 2.46 bits per heavy atom. The van der Waals surface area contributed by atoms with Gasteiger partial charge in [0.25, 0.3) is 0 Å². The summed E-state index contributed by atoms with van der Waals surface area (Å²) in [5.41, 5.74) is 1.20. The fourth-order valence-electron chi connectivity index (χ4n) is 4.13. The molecule has 6 heteroatoms. The molecule has 0 N–H and O–H groups in total. The van der Waals surface area contributed by atoms with Crippen LogP contribution in [-0.2, 0) is 11.3 Å². The topological polar surface area (TPSA) is 56.5 Å². The predicted molar refractivity (Wildman–Crippen MR) is 110 cm³/mol. The van der Waals surface area contributed by atoms with Gasteiger partial charge in [-0.05, 0) is 75.7 Å². The summed E-state index contributed by atoms with van der Waals surface area (Å²) in [7, 11) is 0. The number of carbonyl (C=O) groups is 1. The molecule has 28 heavy (non-hydrogen) atoms. The number of imidazole rings is 1. The molecule has 1 saturated carbocycles. The van der Waals surface area contributed by atoms with Gasteiger partial charge in [0.1, 0.15) is 0 Å². The van der Waals surface area contributed by atoms with Gasteiger partial charge < -0.3 is 9.64 Å². The third kappa shape index (κ3) is 4.17. The van der Waals surface area contributed by atoms with Gasteiger partial charge in [-0.15, -0.1) is 0 Å². The minimum absolute atomic E-state index is 0.271. The summed E-state index contributed by atoms with van der Waals surface area (Å²) in [5, 5.41) is 0. The number of nitrogens with zero attached hydrogens (tertiary/aromatic N) is 3. The molecule has 1 aliphatic carbocycles. The Bertz CT molecular complexity index is 873. The highest BCUT2D eigenvalue weighted by Crippen LogP contribution is 2.31. The molecule has 6 nitrogen and oxygen atoms in total. The first-order valence-corrected chi connectivity index (χ1v) is 10.8. The zero-order valence-electron chi connectivity index (χ0n) is 16.8. The maximum atomic E-state index is 12.9. The lowest BCUT2D eigenvalue weighted by atomic mass is 9.98. The minimum atomic E-state index is -0.538. The van der Waals surface area contributed by atoms with E-state index in [4.69, 9.17) is 4.74 Å². The van der Waals surface area contributed by atoms with Crippen molar-refractivity contribution in [3.05, 3.63) is 34.7 Å². The second kappa shape index (κ2) is 8.52. The highest BCUT2D eigenvalue weighted by atomic mass is 16.5. The molecule has 0 bridgehead atoms. The maximum absolute atomic E-state index is 12.9. The van der Waals surface area contributed by atoms with Crippen LogP contribution in [0.4, 0.5) is 4.79 Å². The monoisotopic (exact) mass is 385 g/mol. The van der Waals surface area contributed by atoms with Crippen LogP contribution in [0.5, 0.6) is 0 Å². The van der Waals surface area contributed by atoms with Crippen molar-refractivity contribution in [2.45, 2.75) is 52.0 Å². The number of benzene rings is 1.